The number of amides is 1. The molecule has 25 heavy (non-hydrogen) atoms. The first kappa shape index (κ1) is 16.8. The summed E-state index contributed by atoms with van der Waals surface area (Å²) < 4.78 is 13.9. The largest absolute Gasteiger partial charge is 0.366 e. The van der Waals surface area contributed by atoms with Gasteiger partial charge in [-0.1, -0.05) is 12.1 Å². The molecule has 136 valence electrons. The highest BCUT2D eigenvalue weighted by atomic mass is 19.1. The highest BCUT2D eigenvalue weighted by molar-refractivity contribution is 5.76. The molecule has 4 nitrogen and oxygen atoms in total. The van der Waals surface area contributed by atoms with E-state index in [1.807, 2.05) is 21.9 Å². The first-order chi connectivity index (χ1) is 12.2. The van der Waals surface area contributed by atoms with E-state index in [2.05, 4.69) is 4.90 Å². The number of hydrogen-bond donors (Lipinski definition) is 0. The Morgan fingerprint density at radius 2 is 1.64 bits per heavy atom. The predicted octanol–water partition coefficient (Wildman–Crippen LogP) is 2.74. The summed E-state index contributed by atoms with van der Waals surface area (Å²) >= 11 is 0. The highest BCUT2D eigenvalue weighted by Gasteiger charge is 2.33. The van der Waals surface area contributed by atoms with E-state index < -0.39 is 0 Å². The van der Waals surface area contributed by atoms with Crippen LogP contribution < -0.4 is 4.90 Å². The molecule has 2 heterocycles. The van der Waals surface area contributed by atoms with Gasteiger partial charge in [-0.05, 0) is 56.8 Å². The van der Waals surface area contributed by atoms with E-state index >= 15 is 0 Å². The zero-order valence-corrected chi connectivity index (χ0v) is 14.9. The maximum atomic E-state index is 13.9. The monoisotopic (exact) mass is 345 g/mol. The zero-order chi connectivity index (χ0) is 17.2. The zero-order valence-electron chi connectivity index (χ0n) is 14.9. The Morgan fingerprint density at radius 3 is 2.28 bits per heavy atom. The van der Waals surface area contributed by atoms with Crippen LogP contribution in [0.1, 0.15) is 32.1 Å². The van der Waals surface area contributed by atoms with Crippen molar-refractivity contribution in [1.29, 1.82) is 0 Å². The van der Waals surface area contributed by atoms with Crippen LogP contribution in [0.3, 0.4) is 0 Å². The number of carbonyl (C=O) groups excluding carboxylic acids is 1. The molecule has 5 heteroatoms. The molecule has 1 amide bonds. The van der Waals surface area contributed by atoms with Crippen molar-refractivity contribution in [3.05, 3.63) is 30.1 Å². The van der Waals surface area contributed by atoms with Gasteiger partial charge in [-0.25, -0.2) is 4.39 Å². The van der Waals surface area contributed by atoms with E-state index in [1.165, 1.54) is 32.0 Å². The molecule has 3 aliphatic rings. The molecule has 2 aliphatic heterocycles. The van der Waals surface area contributed by atoms with E-state index in [0.717, 1.165) is 18.9 Å². The summed E-state index contributed by atoms with van der Waals surface area (Å²) in [4.78, 5) is 19.3. The fraction of sp³-hybridized carbons (Fsp3) is 0.650. The van der Waals surface area contributed by atoms with Gasteiger partial charge in [0.1, 0.15) is 5.82 Å². The molecule has 0 aromatic heterocycles. The molecule has 0 bridgehead atoms. The standard InChI is InChI=1S/C20H28FN3O/c21-18-3-1-2-4-19(18)23-11-13-24(14-12-23)20(25)15-16-7-9-22(10-8-16)17-5-6-17/h1-4,16-17H,5-15H2. The summed E-state index contributed by atoms with van der Waals surface area (Å²) in [6.07, 6.45) is 5.76. The van der Waals surface area contributed by atoms with Crippen LogP contribution in [0.25, 0.3) is 0 Å². The number of carbonyl (C=O) groups is 1. The van der Waals surface area contributed by atoms with Gasteiger partial charge in [0.05, 0.1) is 5.69 Å². The van der Waals surface area contributed by atoms with Gasteiger partial charge in [-0.2, -0.15) is 0 Å². The number of anilines is 1. The van der Waals surface area contributed by atoms with Crippen molar-refractivity contribution >= 4 is 11.6 Å². The molecule has 1 aromatic carbocycles. The SMILES string of the molecule is O=C(CC1CCN(C2CC2)CC1)N1CCN(c2ccccc2F)CC1. The van der Waals surface area contributed by atoms with Gasteiger partial charge in [0.15, 0.2) is 0 Å². The van der Waals surface area contributed by atoms with E-state index in [4.69, 9.17) is 0 Å². The van der Waals surface area contributed by atoms with Gasteiger partial charge >= 0.3 is 0 Å². The minimum absolute atomic E-state index is 0.176. The molecule has 1 saturated carbocycles. The van der Waals surface area contributed by atoms with Gasteiger partial charge in [0.2, 0.25) is 5.91 Å². The fourth-order valence-corrected chi connectivity index (χ4v) is 4.24. The molecule has 1 aliphatic carbocycles. The lowest BCUT2D eigenvalue weighted by Crippen LogP contribution is -2.49. The summed E-state index contributed by atoms with van der Waals surface area (Å²) in [5.41, 5.74) is 0.655. The molecular formula is C20H28FN3O. The maximum absolute atomic E-state index is 13.9. The predicted molar refractivity (Wildman–Crippen MR) is 97.1 cm³/mol. The average molecular weight is 345 g/mol. The van der Waals surface area contributed by atoms with Crippen molar-refractivity contribution < 1.29 is 9.18 Å². The normalized spacial score (nSPS) is 23.1. The van der Waals surface area contributed by atoms with Crippen molar-refractivity contribution in [3.8, 4) is 0 Å². The Balaban J connectivity index is 1.23. The number of likely N-dealkylation sites (tertiary alicyclic amines) is 1. The van der Waals surface area contributed by atoms with Gasteiger partial charge in [-0.3, -0.25) is 4.79 Å². The lowest BCUT2D eigenvalue weighted by atomic mass is 9.92. The number of halogens is 1. The van der Waals surface area contributed by atoms with Crippen molar-refractivity contribution in [1.82, 2.24) is 9.80 Å². The first-order valence-corrected chi connectivity index (χ1v) is 9.72. The van der Waals surface area contributed by atoms with Crippen LogP contribution in [0.2, 0.25) is 0 Å². The summed E-state index contributed by atoms with van der Waals surface area (Å²) in [5.74, 6) is 0.662. The number of piperazine rings is 1. The number of hydrogen-bond acceptors (Lipinski definition) is 3. The topological polar surface area (TPSA) is 26.8 Å². The maximum Gasteiger partial charge on any atom is 0.222 e. The first-order valence-electron chi connectivity index (χ1n) is 9.72. The van der Waals surface area contributed by atoms with E-state index in [1.54, 1.807) is 6.07 Å². The second kappa shape index (κ2) is 7.32. The minimum Gasteiger partial charge on any atom is -0.366 e. The Labute approximate surface area is 149 Å². The van der Waals surface area contributed by atoms with Gasteiger partial charge in [0.25, 0.3) is 0 Å². The van der Waals surface area contributed by atoms with Crippen LogP contribution in [0.15, 0.2) is 24.3 Å². The van der Waals surface area contributed by atoms with Crippen LogP contribution >= 0.6 is 0 Å². The lowest BCUT2D eigenvalue weighted by molar-refractivity contribution is -0.132. The Morgan fingerprint density at radius 1 is 0.960 bits per heavy atom. The Bertz CT molecular complexity index is 603. The molecule has 4 rings (SSSR count). The molecule has 0 unspecified atom stereocenters. The molecule has 0 radical (unpaired) electrons. The van der Waals surface area contributed by atoms with Crippen molar-refractivity contribution in [2.45, 2.75) is 38.1 Å². The summed E-state index contributed by atoms with van der Waals surface area (Å²) in [5, 5.41) is 0. The molecule has 3 fully saturated rings. The molecule has 0 spiro atoms. The molecule has 1 aromatic rings. The van der Waals surface area contributed by atoms with Crippen LogP contribution in [0, 0.1) is 11.7 Å². The minimum atomic E-state index is -0.176. The summed E-state index contributed by atoms with van der Waals surface area (Å²) in [6.45, 7) is 5.18. The molecule has 0 N–H and O–H groups in total. The van der Waals surface area contributed by atoms with Crippen molar-refractivity contribution in [2.75, 3.05) is 44.2 Å². The number of rotatable bonds is 4. The van der Waals surface area contributed by atoms with Crippen molar-refractivity contribution in [3.63, 3.8) is 0 Å². The van der Waals surface area contributed by atoms with E-state index in [-0.39, 0.29) is 11.7 Å². The summed E-state index contributed by atoms with van der Waals surface area (Å²) in [7, 11) is 0. The van der Waals surface area contributed by atoms with E-state index in [0.29, 0.717) is 44.2 Å². The second-order valence-electron chi connectivity index (χ2n) is 7.73. The third-order valence-electron chi connectivity index (χ3n) is 6.00. The highest BCUT2D eigenvalue weighted by Crippen LogP contribution is 2.32. The lowest BCUT2D eigenvalue weighted by Gasteiger charge is -2.37. The van der Waals surface area contributed by atoms with Gasteiger partial charge in [0, 0.05) is 38.6 Å². The quantitative estimate of drug-likeness (QED) is 0.840. The third-order valence-corrected chi connectivity index (χ3v) is 6.00. The fourth-order valence-electron chi connectivity index (χ4n) is 4.24. The number of piperidine rings is 1. The number of benzene rings is 1. The third kappa shape index (κ3) is 3.97. The molecule has 0 atom stereocenters. The van der Waals surface area contributed by atoms with Gasteiger partial charge in [-0.15, -0.1) is 0 Å². The van der Waals surface area contributed by atoms with Gasteiger partial charge < -0.3 is 14.7 Å². The van der Waals surface area contributed by atoms with E-state index in [9.17, 15) is 9.18 Å². The average Bonchev–Trinajstić information content (AvgIpc) is 3.48. The Hall–Kier alpha value is -1.62. The smallest absolute Gasteiger partial charge is 0.222 e. The number of nitrogens with zero attached hydrogens (tertiary/aromatic N) is 3. The molecule has 2 saturated heterocycles. The van der Waals surface area contributed by atoms with Crippen LogP contribution in [0.4, 0.5) is 10.1 Å². The van der Waals surface area contributed by atoms with Crippen LogP contribution in [-0.4, -0.2) is 61.0 Å². The summed E-state index contributed by atoms with van der Waals surface area (Å²) in [6, 6.07) is 7.75. The second-order valence-corrected chi connectivity index (χ2v) is 7.73. The Kier molecular flexibility index (Phi) is 4.93. The number of para-hydroxylation sites is 1. The van der Waals surface area contributed by atoms with Crippen LogP contribution in [-0.2, 0) is 4.79 Å². The molecular weight excluding hydrogens is 317 g/mol. The van der Waals surface area contributed by atoms with Crippen LogP contribution in [0.5, 0.6) is 0 Å². The van der Waals surface area contributed by atoms with Crippen molar-refractivity contribution in [2.24, 2.45) is 5.92 Å².